The number of amidine groups is 1. The monoisotopic (exact) mass is 404 g/mol. The van der Waals surface area contributed by atoms with E-state index in [1.807, 2.05) is 0 Å². The average Bonchev–Trinajstić information content (AvgIpc) is 3.18. The van der Waals surface area contributed by atoms with Gasteiger partial charge in [0.1, 0.15) is 0 Å². The van der Waals surface area contributed by atoms with Crippen LogP contribution in [0, 0.1) is 0 Å². The molecule has 2 aromatic rings. The Kier molecular flexibility index (Phi) is 4.42. The highest BCUT2D eigenvalue weighted by Crippen LogP contribution is 2.33. The van der Waals surface area contributed by atoms with Crippen molar-refractivity contribution >= 4 is 45.8 Å². The lowest BCUT2D eigenvalue weighted by atomic mass is 10.1. The van der Waals surface area contributed by atoms with Gasteiger partial charge in [-0.25, -0.2) is 0 Å². The van der Waals surface area contributed by atoms with E-state index in [1.54, 1.807) is 24.3 Å². The van der Waals surface area contributed by atoms with E-state index in [-0.39, 0.29) is 28.2 Å². The number of halogens is 3. The molecule has 0 atom stereocenters. The summed E-state index contributed by atoms with van der Waals surface area (Å²) in [5.74, 6) is -0.672. The minimum absolute atomic E-state index is 0.0769. The predicted octanol–water partition coefficient (Wildman–Crippen LogP) is 3.50. The fourth-order valence-corrected chi connectivity index (χ4v) is 3.60. The average molecular weight is 404 g/mol. The van der Waals surface area contributed by atoms with Crippen LogP contribution in [0.1, 0.15) is 11.1 Å². The zero-order valence-corrected chi connectivity index (χ0v) is 14.8. The molecule has 2 heterocycles. The van der Waals surface area contributed by atoms with E-state index >= 15 is 0 Å². The molecule has 10 heteroatoms. The highest BCUT2D eigenvalue weighted by Gasteiger charge is 2.33. The number of nitrogens with zero attached hydrogens (tertiary/aromatic N) is 3. The van der Waals surface area contributed by atoms with E-state index in [0.29, 0.717) is 11.3 Å². The van der Waals surface area contributed by atoms with Crippen LogP contribution in [-0.2, 0) is 15.8 Å². The molecule has 1 saturated heterocycles. The number of fused-ring (bicyclic) bond motifs is 1. The van der Waals surface area contributed by atoms with Crippen LogP contribution in [0.25, 0.3) is 0 Å². The Morgan fingerprint density at radius 1 is 1.00 bits per heavy atom. The van der Waals surface area contributed by atoms with Crippen LogP contribution in [0.4, 0.5) is 24.5 Å². The molecule has 28 heavy (non-hydrogen) atoms. The second-order valence-corrected chi connectivity index (χ2v) is 6.84. The Morgan fingerprint density at radius 2 is 1.71 bits per heavy atom. The van der Waals surface area contributed by atoms with Crippen molar-refractivity contribution in [1.29, 1.82) is 0 Å². The number of para-hydroxylation sites is 1. The van der Waals surface area contributed by atoms with Crippen molar-refractivity contribution in [3.8, 4) is 0 Å². The summed E-state index contributed by atoms with van der Waals surface area (Å²) in [5.41, 5.74) is 0.746. The van der Waals surface area contributed by atoms with E-state index in [0.717, 1.165) is 23.9 Å². The van der Waals surface area contributed by atoms with Crippen LogP contribution in [0.5, 0.6) is 0 Å². The van der Waals surface area contributed by atoms with E-state index in [2.05, 4.69) is 15.5 Å². The first kappa shape index (κ1) is 18.2. The van der Waals surface area contributed by atoms with Gasteiger partial charge >= 0.3 is 6.18 Å². The molecule has 2 aliphatic rings. The van der Waals surface area contributed by atoms with Gasteiger partial charge in [-0.15, -0.1) is 10.2 Å². The molecule has 0 unspecified atom stereocenters. The minimum Gasteiger partial charge on any atom is -0.320 e. The molecular formula is C18H11F3N4O2S. The number of alkyl halides is 3. The van der Waals surface area contributed by atoms with Crippen molar-refractivity contribution in [2.24, 2.45) is 10.2 Å². The molecule has 2 amide bonds. The molecule has 0 saturated carbocycles. The number of anilines is 2. The lowest BCUT2D eigenvalue weighted by Crippen LogP contribution is -2.29. The number of hydrogen-bond acceptors (Lipinski definition) is 5. The Hall–Kier alpha value is -3.14. The number of hydrogen-bond donors (Lipinski definition) is 1. The lowest BCUT2D eigenvalue weighted by molar-refractivity contribution is -0.137. The maximum Gasteiger partial charge on any atom is 0.416 e. The summed E-state index contributed by atoms with van der Waals surface area (Å²) in [6.45, 7) is 0. The second-order valence-electron chi connectivity index (χ2n) is 5.89. The molecule has 0 spiro atoms. The van der Waals surface area contributed by atoms with Crippen LogP contribution in [0.3, 0.4) is 0 Å². The number of nitrogens with one attached hydrogen (secondary N) is 1. The topological polar surface area (TPSA) is 74.1 Å². The predicted molar refractivity (Wildman–Crippen MR) is 100 cm³/mol. The van der Waals surface area contributed by atoms with Gasteiger partial charge in [-0.05, 0) is 30.3 Å². The fourth-order valence-electron chi connectivity index (χ4n) is 2.78. The van der Waals surface area contributed by atoms with Gasteiger partial charge in [0.25, 0.3) is 5.91 Å². The third-order valence-corrected chi connectivity index (χ3v) is 5.01. The molecule has 0 aromatic heterocycles. The Labute approximate surface area is 161 Å². The third-order valence-electron chi connectivity index (χ3n) is 4.10. The Morgan fingerprint density at radius 3 is 2.43 bits per heavy atom. The van der Waals surface area contributed by atoms with Crippen LogP contribution < -0.4 is 10.2 Å². The molecule has 1 N–H and O–H groups in total. The van der Waals surface area contributed by atoms with Gasteiger partial charge in [-0.1, -0.05) is 30.0 Å². The van der Waals surface area contributed by atoms with E-state index in [4.69, 9.17) is 0 Å². The molecule has 0 radical (unpaired) electrons. The van der Waals surface area contributed by atoms with Gasteiger partial charge in [-0.2, -0.15) is 13.2 Å². The second kappa shape index (κ2) is 6.79. The first-order valence-electron chi connectivity index (χ1n) is 8.04. The number of amides is 2. The number of rotatable bonds is 2. The van der Waals surface area contributed by atoms with Gasteiger partial charge in [0, 0.05) is 5.56 Å². The van der Waals surface area contributed by atoms with Gasteiger partial charge in [0.05, 0.1) is 22.7 Å². The summed E-state index contributed by atoms with van der Waals surface area (Å²) in [4.78, 5) is 25.5. The standard InChI is InChI=1S/C18H11F3N4O2S/c19-18(20,21)10-5-7-11(8-6-10)25-14(26)9-28-17(25)24-23-15-12-3-1-2-4-13(12)22-16(15)27/h1-8H,9H2,(H,22,23,27)/b24-17-. The van der Waals surface area contributed by atoms with Gasteiger partial charge in [0.15, 0.2) is 10.9 Å². The van der Waals surface area contributed by atoms with E-state index in [9.17, 15) is 22.8 Å². The molecule has 142 valence electrons. The zero-order chi connectivity index (χ0) is 19.9. The maximum absolute atomic E-state index is 12.7. The van der Waals surface area contributed by atoms with Crippen molar-refractivity contribution in [3.05, 3.63) is 59.7 Å². The first-order chi connectivity index (χ1) is 13.3. The normalized spacial score (nSPS) is 19.5. The Bertz CT molecular complexity index is 1030. The molecule has 6 nitrogen and oxygen atoms in total. The van der Waals surface area contributed by atoms with Crippen LogP contribution in [-0.4, -0.2) is 28.4 Å². The van der Waals surface area contributed by atoms with Crippen molar-refractivity contribution < 1.29 is 22.8 Å². The number of carbonyl (C=O) groups excluding carboxylic acids is 2. The molecule has 4 rings (SSSR count). The number of thioether (sulfide) groups is 1. The van der Waals surface area contributed by atoms with Crippen molar-refractivity contribution in [3.63, 3.8) is 0 Å². The summed E-state index contributed by atoms with van der Waals surface area (Å²) in [7, 11) is 0. The SMILES string of the molecule is O=C1Nc2ccccc2/C1=N/N=C1\SCC(=O)N1c1ccc(C(F)(F)F)cc1. The molecule has 0 bridgehead atoms. The first-order valence-corrected chi connectivity index (χ1v) is 9.02. The Balaban J connectivity index is 1.66. The summed E-state index contributed by atoms with van der Waals surface area (Å²) in [5, 5.41) is 10.9. The fraction of sp³-hybridized carbons (Fsp3) is 0.111. The van der Waals surface area contributed by atoms with Gasteiger partial charge in [0.2, 0.25) is 5.91 Å². The molecule has 0 aliphatic carbocycles. The molecule has 2 aliphatic heterocycles. The highest BCUT2D eigenvalue weighted by molar-refractivity contribution is 8.15. The van der Waals surface area contributed by atoms with E-state index in [1.165, 1.54) is 17.0 Å². The summed E-state index contributed by atoms with van der Waals surface area (Å²) >= 11 is 1.09. The quantitative estimate of drug-likeness (QED) is 0.779. The molecule has 2 aromatic carbocycles. The van der Waals surface area contributed by atoms with Crippen LogP contribution in [0.2, 0.25) is 0 Å². The smallest absolute Gasteiger partial charge is 0.320 e. The summed E-state index contributed by atoms with van der Waals surface area (Å²) < 4.78 is 38.2. The largest absolute Gasteiger partial charge is 0.416 e. The number of benzene rings is 2. The minimum atomic E-state index is -4.46. The van der Waals surface area contributed by atoms with Gasteiger partial charge in [-0.3, -0.25) is 14.5 Å². The maximum atomic E-state index is 12.7. The van der Waals surface area contributed by atoms with Crippen LogP contribution in [0.15, 0.2) is 58.7 Å². The molecule has 1 fully saturated rings. The zero-order valence-electron chi connectivity index (χ0n) is 14.0. The van der Waals surface area contributed by atoms with Crippen LogP contribution >= 0.6 is 11.8 Å². The molecular weight excluding hydrogens is 393 g/mol. The highest BCUT2D eigenvalue weighted by atomic mass is 32.2. The van der Waals surface area contributed by atoms with Crippen molar-refractivity contribution in [2.75, 3.05) is 16.0 Å². The van der Waals surface area contributed by atoms with Crippen molar-refractivity contribution in [1.82, 2.24) is 0 Å². The summed E-state index contributed by atoms with van der Waals surface area (Å²) in [6.07, 6.45) is -4.46. The lowest BCUT2D eigenvalue weighted by Gasteiger charge is -2.16. The third kappa shape index (κ3) is 3.26. The van der Waals surface area contributed by atoms with Gasteiger partial charge < -0.3 is 5.32 Å². The number of carbonyl (C=O) groups is 2. The van der Waals surface area contributed by atoms with Crippen molar-refractivity contribution in [2.45, 2.75) is 6.18 Å². The van der Waals surface area contributed by atoms with E-state index < -0.39 is 17.6 Å². The summed E-state index contributed by atoms with van der Waals surface area (Å²) in [6, 6.07) is 11.2.